The standard InChI is InChI=1S/C8H5F3N4O/c9-8(10,11)5-4-6(16)15(14-5)7-12-2-1-3-13-7/h1-4,16H. The minimum absolute atomic E-state index is 0.129. The molecule has 84 valence electrons. The number of hydrogen-bond donors (Lipinski definition) is 1. The highest BCUT2D eigenvalue weighted by Crippen LogP contribution is 2.30. The molecule has 8 heteroatoms. The van der Waals surface area contributed by atoms with E-state index in [2.05, 4.69) is 15.1 Å². The van der Waals surface area contributed by atoms with E-state index in [1.54, 1.807) is 0 Å². The quantitative estimate of drug-likeness (QED) is 0.803. The van der Waals surface area contributed by atoms with Gasteiger partial charge in [-0.15, -0.1) is 0 Å². The largest absolute Gasteiger partial charge is 0.493 e. The van der Waals surface area contributed by atoms with Gasteiger partial charge >= 0.3 is 6.18 Å². The molecule has 0 bridgehead atoms. The van der Waals surface area contributed by atoms with E-state index in [0.717, 1.165) is 0 Å². The maximum atomic E-state index is 12.3. The maximum absolute atomic E-state index is 12.3. The molecule has 0 aliphatic heterocycles. The Balaban J connectivity index is 2.48. The molecule has 0 saturated carbocycles. The second kappa shape index (κ2) is 3.47. The number of aromatic nitrogens is 4. The summed E-state index contributed by atoms with van der Waals surface area (Å²) >= 11 is 0. The van der Waals surface area contributed by atoms with Gasteiger partial charge in [0.25, 0.3) is 5.95 Å². The number of rotatable bonds is 1. The van der Waals surface area contributed by atoms with Crippen LogP contribution in [0, 0.1) is 0 Å². The number of hydrogen-bond acceptors (Lipinski definition) is 4. The van der Waals surface area contributed by atoms with Gasteiger partial charge in [0.15, 0.2) is 5.69 Å². The Morgan fingerprint density at radius 3 is 2.31 bits per heavy atom. The number of halogens is 3. The predicted molar refractivity (Wildman–Crippen MR) is 45.8 cm³/mol. The van der Waals surface area contributed by atoms with Crippen molar-refractivity contribution in [1.29, 1.82) is 0 Å². The molecule has 2 heterocycles. The van der Waals surface area contributed by atoms with Crippen molar-refractivity contribution < 1.29 is 18.3 Å². The fraction of sp³-hybridized carbons (Fsp3) is 0.125. The van der Waals surface area contributed by atoms with Crippen molar-refractivity contribution in [2.24, 2.45) is 0 Å². The third-order valence-electron chi connectivity index (χ3n) is 1.72. The van der Waals surface area contributed by atoms with Crippen molar-refractivity contribution in [2.75, 3.05) is 0 Å². The lowest BCUT2D eigenvalue weighted by Gasteiger charge is -2.00. The van der Waals surface area contributed by atoms with Crippen molar-refractivity contribution in [3.05, 3.63) is 30.2 Å². The lowest BCUT2D eigenvalue weighted by molar-refractivity contribution is -0.141. The van der Waals surface area contributed by atoms with Crippen molar-refractivity contribution >= 4 is 0 Å². The fourth-order valence-electron chi connectivity index (χ4n) is 1.06. The molecule has 16 heavy (non-hydrogen) atoms. The molecule has 1 N–H and O–H groups in total. The molecule has 0 aromatic carbocycles. The Hall–Kier alpha value is -2.12. The average Bonchev–Trinajstić information content (AvgIpc) is 2.61. The molecule has 0 amide bonds. The molecule has 0 fully saturated rings. The van der Waals surface area contributed by atoms with Crippen LogP contribution < -0.4 is 0 Å². The van der Waals surface area contributed by atoms with Crippen LogP contribution in [0.2, 0.25) is 0 Å². The first-order valence-electron chi connectivity index (χ1n) is 4.12. The first-order chi connectivity index (χ1) is 7.48. The molecule has 0 atom stereocenters. The first-order valence-corrected chi connectivity index (χ1v) is 4.12. The predicted octanol–water partition coefficient (Wildman–Crippen LogP) is 1.39. The third-order valence-corrected chi connectivity index (χ3v) is 1.72. The summed E-state index contributed by atoms with van der Waals surface area (Å²) in [6, 6.07) is 2.01. The molecule has 5 nitrogen and oxygen atoms in total. The zero-order valence-electron chi connectivity index (χ0n) is 7.68. The Bertz CT molecular complexity index is 494. The van der Waals surface area contributed by atoms with Gasteiger partial charge in [0.2, 0.25) is 5.88 Å². The van der Waals surface area contributed by atoms with E-state index >= 15 is 0 Å². The van der Waals surface area contributed by atoms with Crippen LogP contribution in [0.4, 0.5) is 13.2 Å². The van der Waals surface area contributed by atoms with Gasteiger partial charge < -0.3 is 5.11 Å². The summed E-state index contributed by atoms with van der Waals surface area (Å²) in [6.07, 6.45) is -1.95. The van der Waals surface area contributed by atoms with Crippen LogP contribution in [0.5, 0.6) is 5.88 Å². The van der Waals surface area contributed by atoms with E-state index in [1.165, 1.54) is 18.5 Å². The van der Waals surface area contributed by atoms with Crippen LogP contribution in [0.15, 0.2) is 24.5 Å². The SMILES string of the molecule is Oc1cc(C(F)(F)F)nn1-c1ncccn1. The van der Waals surface area contributed by atoms with Gasteiger partial charge in [-0.25, -0.2) is 9.97 Å². The van der Waals surface area contributed by atoms with Crippen LogP contribution in [-0.4, -0.2) is 24.9 Å². The van der Waals surface area contributed by atoms with Crippen molar-refractivity contribution in [3.8, 4) is 11.8 Å². The number of nitrogens with zero attached hydrogens (tertiary/aromatic N) is 4. The van der Waals surface area contributed by atoms with Crippen molar-refractivity contribution in [1.82, 2.24) is 19.7 Å². The Morgan fingerprint density at radius 1 is 1.19 bits per heavy atom. The summed E-state index contributed by atoms with van der Waals surface area (Å²) in [5, 5.41) is 12.4. The second-order valence-electron chi connectivity index (χ2n) is 2.85. The zero-order chi connectivity index (χ0) is 11.8. The Labute approximate surface area is 87.2 Å². The highest BCUT2D eigenvalue weighted by atomic mass is 19.4. The van der Waals surface area contributed by atoms with Gasteiger partial charge in [-0.1, -0.05) is 0 Å². The third kappa shape index (κ3) is 1.81. The molecular weight excluding hydrogens is 225 g/mol. The van der Waals surface area contributed by atoms with Gasteiger partial charge in [-0.2, -0.15) is 23.0 Å². The molecule has 2 rings (SSSR count). The fourth-order valence-corrected chi connectivity index (χ4v) is 1.06. The van der Waals surface area contributed by atoms with Crippen LogP contribution in [-0.2, 0) is 6.18 Å². The van der Waals surface area contributed by atoms with Crippen molar-refractivity contribution in [2.45, 2.75) is 6.18 Å². The van der Waals surface area contributed by atoms with Crippen LogP contribution in [0.1, 0.15) is 5.69 Å². The van der Waals surface area contributed by atoms with E-state index in [9.17, 15) is 18.3 Å². The molecule has 0 spiro atoms. The molecule has 2 aromatic rings. The number of aromatic hydroxyl groups is 1. The maximum Gasteiger partial charge on any atom is 0.435 e. The molecule has 0 unspecified atom stereocenters. The van der Waals surface area contributed by atoms with E-state index in [-0.39, 0.29) is 5.95 Å². The minimum atomic E-state index is -4.61. The summed E-state index contributed by atoms with van der Waals surface area (Å²) in [7, 11) is 0. The van der Waals surface area contributed by atoms with Crippen LogP contribution in [0.3, 0.4) is 0 Å². The number of alkyl halides is 3. The molecule has 0 radical (unpaired) electrons. The summed E-state index contributed by atoms with van der Waals surface area (Å²) in [5.74, 6) is -0.797. The van der Waals surface area contributed by atoms with Crippen LogP contribution >= 0.6 is 0 Å². The molecule has 0 saturated heterocycles. The lowest BCUT2D eigenvalue weighted by Crippen LogP contribution is -2.08. The minimum Gasteiger partial charge on any atom is -0.493 e. The molecule has 0 aliphatic carbocycles. The summed E-state index contributed by atoms with van der Waals surface area (Å²) in [6.45, 7) is 0. The highest BCUT2D eigenvalue weighted by molar-refractivity contribution is 5.24. The van der Waals surface area contributed by atoms with Gasteiger partial charge in [0.05, 0.1) is 0 Å². The van der Waals surface area contributed by atoms with Crippen LogP contribution in [0.25, 0.3) is 5.95 Å². The first kappa shape index (κ1) is 10.4. The van der Waals surface area contributed by atoms with E-state index < -0.39 is 17.8 Å². The summed E-state index contributed by atoms with van der Waals surface area (Å²) < 4.78 is 37.4. The Kier molecular flexibility index (Phi) is 2.26. The zero-order valence-corrected chi connectivity index (χ0v) is 7.68. The highest BCUT2D eigenvalue weighted by Gasteiger charge is 2.35. The second-order valence-corrected chi connectivity index (χ2v) is 2.85. The smallest absolute Gasteiger partial charge is 0.435 e. The summed E-state index contributed by atoms with van der Waals surface area (Å²) in [5.41, 5.74) is -1.20. The van der Waals surface area contributed by atoms with Gasteiger partial charge in [0, 0.05) is 18.5 Å². The van der Waals surface area contributed by atoms with E-state index in [1.807, 2.05) is 0 Å². The summed E-state index contributed by atoms with van der Waals surface area (Å²) in [4.78, 5) is 7.33. The normalized spacial score (nSPS) is 11.7. The van der Waals surface area contributed by atoms with E-state index in [4.69, 9.17) is 0 Å². The molecule has 2 aromatic heterocycles. The van der Waals surface area contributed by atoms with E-state index in [0.29, 0.717) is 10.7 Å². The van der Waals surface area contributed by atoms with Gasteiger partial charge in [-0.3, -0.25) is 0 Å². The Morgan fingerprint density at radius 2 is 1.81 bits per heavy atom. The van der Waals surface area contributed by atoms with Gasteiger partial charge in [0.1, 0.15) is 0 Å². The van der Waals surface area contributed by atoms with Crippen molar-refractivity contribution in [3.63, 3.8) is 0 Å². The molecular formula is C8H5F3N4O. The topological polar surface area (TPSA) is 63.8 Å². The average molecular weight is 230 g/mol. The molecule has 0 aliphatic rings. The lowest BCUT2D eigenvalue weighted by atomic mass is 10.4. The van der Waals surface area contributed by atoms with Gasteiger partial charge in [-0.05, 0) is 6.07 Å². The monoisotopic (exact) mass is 230 g/mol.